The van der Waals surface area contributed by atoms with Crippen LogP contribution in [0.4, 0.5) is 0 Å². The maximum Gasteiger partial charge on any atom is 0.252 e. The van der Waals surface area contributed by atoms with Crippen LogP contribution in [0.2, 0.25) is 5.02 Å². The Morgan fingerprint density at radius 1 is 1.42 bits per heavy atom. The van der Waals surface area contributed by atoms with E-state index >= 15 is 0 Å². The summed E-state index contributed by atoms with van der Waals surface area (Å²) in [5, 5.41) is 3.21. The van der Waals surface area contributed by atoms with Gasteiger partial charge in [-0.2, -0.15) is 0 Å². The molecule has 0 spiro atoms. The van der Waals surface area contributed by atoms with E-state index in [1.54, 1.807) is 18.2 Å². The van der Waals surface area contributed by atoms with Crippen molar-refractivity contribution in [1.29, 1.82) is 0 Å². The van der Waals surface area contributed by atoms with E-state index in [9.17, 15) is 13.2 Å². The second-order valence-corrected chi connectivity index (χ2v) is 8.07. The normalized spacial score (nSPS) is 21.9. The van der Waals surface area contributed by atoms with E-state index in [0.717, 1.165) is 0 Å². The number of halogens is 2. The van der Waals surface area contributed by atoms with Gasteiger partial charge in [-0.1, -0.05) is 11.6 Å². The summed E-state index contributed by atoms with van der Waals surface area (Å²) in [5.74, 6) is -0.0894. The Morgan fingerprint density at radius 2 is 2.16 bits per heavy atom. The lowest BCUT2D eigenvalue weighted by Gasteiger charge is -2.23. The molecule has 2 rings (SSSR count). The second-order valence-electron chi connectivity index (χ2n) is 4.55. The summed E-state index contributed by atoms with van der Waals surface area (Å²) >= 11 is 9.13. The summed E-state index contributed by atoms with van der Waals surface area (Å²) in [6.07, 6.45) is 1.27. The third-order valence-electron chi connectivity index (χ3n) is 2.97. The molecular weight excluding hydrogens is 354 g/mol. The van der Waals surface area contributed by atoms with Crippen molar-refractivity contribution in [2.75, 3.05) is 11.5 Å². The summed E-state index contributed by atoms with van der Waals surface area (Å²) in [4.78, 5) is 12.1. The van der Waals surface area contributed by atoms with E-state index in [1.165, 1.54) is 0 Å². The highest BCUT2D eigenvalue weighted by Gasteiger charge is 2.26. The fourth-order valence-electron chi connectivity index (χ4n) is 2.07. The van der Waals surface area contributed by atoms with Crippen molar-refractivity contribution < 1.29 is 13.2 Å². The maximum absolute atomic E-state index is 12.1. The number of hydrogen-bond donors (Lipinski definition) is 1. The predicted molar refractivity (Wildman–Crippen MR) is 78.3 cm³/mol. The van der Waals surface area contributed by atoms with Crippen LogP contribution < -0.4 is 5.32 Å². The molecule has 7 heteroatoms. The molecule has 1 amide bonds. The fraction of sp³-hybridized carbons (Fsp3) is 0.417. The van der Waals surface area contributed by atoms with Gasteiger partial charge in [-0.25, -0.2) is 8.42 Å². The highest BCUT2D eigenvalue weighted by atomic mass is 79.9. The van der Waals surface area contributed by atoms with E-state index in [2.05, 4.69) is 21.2 Å². The Kier molecular flexibility index (Phi) is 4.53. The minimum Gasteiger partial charge on any atom is -0.348 e. The SMILES string of the molecule is O=C(NC1CCCS(=O)(=O)C1)c1cc(Cl)ccc1Br. The van der Waals surface area contributed by atoms with Crippen LogP contribution in [-0.2, 0) is 9.84 Å². The fourth-order valence-corrected chi connectivity index (χ4v) is 4.31. The quantitative estimate of drug-likeness (QED) is 0.874. The van der Waals surface area contributed by atoms with Crippen LogP contribution in [0.5, 0.6) is 0 Å². The topological polar surface area (TPSA) is 63.2 Å². The van der Waals surface area contributed by atoms with E-state index in [1.807, 2.05) is 0 Å². The first-order chi connectivity index (χ1) is 8.87. The molecule has 1 N–H and O–H groups in total. The van der Waals surface area contributed by atoms with Crippen LogP contribution in [-0.4, -0.2) is 31.9 Å². The highest BCUT2D eigenvalue weighted by molar-refractivity contribution is 9.10. The van der Waals surface area contributed by atoms with Crippen LogP contribution in [0, 0.1) is 0 Å². The minimum atomic E-state index is -3.03. The van der Waals surface area contributed by atoms with Crippen LogP contribution >= 0.6 is 27.5 Å². The lowest BCUT2D eigenvalue weighted by atomic mass is 10.1. The number of benzene rings is 1. The first kappa shape index (κ1) is 14.8. The molecule has 19 heavy (non-hydrogen) atoms. The average Bonchev–Trinajstić information content (AvgIpc) is 2.31. The second kappa shape index (κ2) is 5.81. The van der Waals surface area contributed by atoms with Gasteiger partial charge in [0.15, 0.2) is 9.84 Å². The third-order valence-corrected chi connectivity index (χ3v) is 5.72. The molecule has 1 unspecified atom stereocenters. The van der Waals surface area contributed by atoms with Gasteiger partial charge in [-0.3, -0.25) is 4.79 Å². The molecule has 1 fully saturated rings. The van der Waals surface area contributed by atoms with Crippen LogP contribution in [0.3, 0.4) is 0 Å². The van der Waals surface area contributed by atoms with Crippen molar-refractivity contribution in [1.82, 2.24) is 5.32 Å². The molecule has 1 atom stereocenters. The van der Waals surface area contributed by atoms with Gasteiger partial charge in [-0.15, -0.1) is 0 Å². The van der Waals surface area contributed by atoms with Crippen LogP contribution in [0.1, 0.15) is 23.2 Å². The largest absolute Gasteiger partial charge is 0.348 e. The number of hydrogen-bond acceptors (Lipinski definition) is 3. The molecule has 1 aromatic rings. The molecular formula is C12H13BrClNO3S. The summed E-state index contributed by atoms with van der Waals surface area (Å²) in [6, 6.07) is 4.60. The van der Waals surface area contributed by atoms with Gasteiger partial charge < -0.3 is 5.32 Å². The number of carbonyl (C=O) groups excluding carboxylic acids is 1. The predicted octanol–water partition coefficient (Wildman–Crippen LogP) is 2.41. The standard InChI is InChI=1S/C12H13BrClNO3S/c13-11-4-3-8(14)6-10(11)12(16)15-9-2-1-5-19(17,18)7-9/h3-4,6,9H,1-2,5,7H2,(H,15,16). The molecule has 0 saturated carbocycles. The zero-order valence-electron chi connectivity index (χ0n) is 10.0. The first-order valence-electron chi connectivity index (χ1n) is 5.84. The zero-order valence-corrected chi connectivity index (χ0v) is 13.2. The van der Waals surface area contributed by atoms with E-state index in [-0.39, 0.29) is 23.5 Å². The number of nitrogens with one attached hydrogen (secondary N) is 1. The molecule has 1 aliphatic heterocycles. The van der Waals surface area contributed by atoms with E-state index in [0.29, 0.717) is 27.9 Å². The average molecular weight is 367 g/mol. The van der Waals surface area contributed by atoms with Gasteiger partial charge in [0.2, 0.25) is 0 Å². The Bertz CT molecular complexity index is 603. The Morgan fingerprint density at radius 3 is 2.84 bits per heavy atom. The molecule has 4 nitrogen and oxygen atoms in total. The van der Waals surface area contributed by atoms with Gasteiger partial charge in [-0.05, 0) is 47.0 Å². The Labute approximate surface area is 125 Å². The maximum atomic E-state index is 12.1. The van der Waals surface area contributed by atoms with E-state index in [4.69, 9.17) is 11.6 Å². The molecule has 1 aliphatic rings. The van der Waals surface area contributed by atoms with E-state index < -0.39 is 9.84 Å². The molecule has 0 aromatic heterocycles. The molecule has 0 bridgehead atoms. The summed E-state index contributed by atoms with van der Waals surface area (Å²) in [5.41, 5.74) is 0.412. The molecule has 104 valence electrons. The van der Waals surface area contributed by atoms with Gasteiger partial charge in [0.1, 0.15) is 0 Å². The van der Waals surface area contributed by atoms with Gasteiger partial charge in [0.05, 0.1) is 17.1 Å². The number of sulfone groups is 1. The molecule has 1 saturated heterocycles. The monoisotopic (exact) mass is 365 g/mol. The van der Waals surface area contributed by atoms with Crippen LogP contribution in [0.15, 0.2) is 22.7 Å². The number of carbonyl (C=O) groups is 1. The summed E-state index contributed by atoms with van der Waals surface area (Å²) < 4.78 is 23.7. The van der Waals surface area contributed by atoms with Crippen molar-refractivity contribution in [2.24, 2.45) is 0 Å². The molecule has 0 radical (unpaired) electrons. The highest BCUT2D eigenvalue weighted by Crippen LogP contribution is 2.22. The molecule has 1 aromatic carbocycles. The zero-order chi connectivity index (χ0) is 14.0. The third kappa shape index (κ3) is 3.94. The Balaban J connectivity index is 2.11. The summed E-state index contributed by atoms with van der Waals surface area (Å²) in [6.45, 7) is 0. The number of amides is 1. The Hall–Kier alpha value is -0.590. The van der Waals surface area contributed by atoms with Crippen molar-refractivity contribution >= 4 is 43.3 Å². The van der Waals surface area contributed by atoms with Gasteiger partial charge >= 0.3 is 0 Å². The van der Waals surface area contributed by atoms with Crippen molar-refractivity contribution in [3.63, 3.8) is 0 Å². The molecule has 1 heterocycles. The number of rotatable bonds is 2. The lowest BCUT2D eigenvalue weighted by Crippen LogP contribution is -2.43. The van der Waals surface area contributed by atoms with Gasteiger partial charge in [0.25, 0.3) is 5.91 Å². The van der Waals surface area contributed by atoms with Crippen molar-refractivity contribution in [2.45, 2.75) is 18.9 Å². The van der Waals surface area contributed by atoms with Crippen molar-refractivity contribution in [3.05, 3.63) is 33.3 Å². The van der Waals surface area contributed by atoms with Crippen LogP contribution in [0.25, 0.3) is 0 Å². The minimum absolute atomic E-state index is 0.0108. The lowest BCUT2D eigenvalue weighted by molar-refractivity contribution is 0.0937. The van der Waals surface area contributed by atoms with Gasteiger partial charge in [0, 0.05) is 15.5 Å². The first-order valence-corrected chi connectivity index (χ1v) is 8.83. The van der Waals surface area contributed by atoms with Crippen molar-refractivity contribution in [3.8, 4) is 0 Å². The summed E-state index contributed by atoms with van der Waals surface area (Å²) in [7, 11) is -3.03. The smallest absolute Gasteiger partial charge is 0.252 e. The molecule has 0 aliphatic carbocycles.